The van der Waals surface area contributed by atoms with Gasteiger partial charge in [-0.3, -0.25) is 0 Å². The fraction of sp³-hybridized carbons (Fsp3) is 0.500. The maximum atomic E-state index is 14.7. The SMILES string of the molecule is CCCc1ccc(-c2ccc(CC/C=C/C3CCC(CCC)CC3)c(F)c2F)cc1F. The fourth-order valence-electron chi connectivity index (χ4n) is 4.80. The average molecular weight is 429 g/mol. The zero-order chi connectivity index (χ0) is 22.2. The highest BCUT2D eigenvalue weighted by Crippen LogP contribution is 2.32. The van der Waals surface area contributed by atoms with Crippen LogP contribution in [0.5, 0.6) is 0 Å². The molecule has 1 aliphatic carbocycles. The van der Waals surface area contributed by atoms with E-state index in [9.17, 15) is 13.2 Å². The van der Waals surface area contributed by atoms with Gasteiger partial charge < -0.3 is 0 Å². The summed E-state index contributed by atoms with van der Waals surface area (Å²) < 4.78 is 43.6. The second kappa shape index (κ2) is 11.5. The van der Waals surface area contributed by atoms with E-state index in [0.29, 0.717) is 41.9 Å². The highest BCUT2D eigenvalue weighted by Gasteiger charge is 2.19. The van der Waals surface area contributed by atoms with E-state index in [1.165, 1.54) is 44.6 Å². The summed E-state index contributed by atoms with van der Waals surface area (Å²) in [6.45, 7) is 4.23. The molecule has 0 saturated heterocycles. The van der Waals surface area contributed by atoms with Gasteiger partial charge in [0, 0.05) is 5.56 Å². The molecule has 1 fully saturated rings. The van der Waals surface area contributed by atoms with Gasteiger partial charge in [-0.25, -0.2) is 13.2 Å². The highest BCUT2D eigenvalue weighted by molar-refractivity contribution is 5.65. The van der Waals surface area contributed by atoms with Crippen molar-refractivity contribution in [1.82, 2.24) is 0 Å². The van der Waals surface area contributed by atoms with Crippen LogP contribution in [0.4, 0.5) is 13.2 Å². The van der Waals surface area contributed by atoms with Crippen LogP contribution in [-0.4, -0.2) is 0 Å². The molecule has 1 saturated carbocycles. The molecule has 0 radical (unpaired) electrons. The molecule has 2 aromatic rings. The molecule has 0 heterocycles. The van der Waals surface area contributed by atoms with Gasteiger partial charge >= 0.3 is 0 Å². The van der Waals surface area contributed by atoms with Crippen molar-refractivity contribution < 1.29 is 13.2 Å². The summed E-state index contributed by atoms with van der Waals surface area (Å²) in [5, 5.41) is 0. The number of allylic oxidation sites excluding steroid dienone is 2. The Bertz CT molecular complexity index is 876. The number of hydrogen-bond acceptors (Lipinski definition) is 0. The summed E-state index contributed by atoms with van der Waals surface area (Å²) in [5.74, 6) is -0.552. The Kier molecular flexibility index (Phi) is 8.80. The highest BCUT2D eigenvalue weighted by atomic mass is 19.2. The first-order valence-electron chi connectivity index (χ1n) is 12.0. The van der Waals surface area contributed by atoms with Gasteiger partial charge in [-0.15, -0.1) is 0 Å². The van der Waals surface area contributed by atoms with Crippen LogP contribution >= 0.6 is 0 Å². The molecule has 3 rings (SSSR count). The minimum absolute atomic E-state index is 0.113. The number of benzene rings is 2. The minimum Gasteiger partial charge on any atom is -0.207 e. The van der Waals surface area contributed by atoms with Gasteiger partial charge in [0.15, 0.2) is 11.6 Å². The van der Waals surface area contributed by atoms with E-state index in [1.54, 1.807) is 24.3 Å². The van der Waals surface area contributed by atoms with Crippen molar-refractivity contribution in [3.63, 3.8) is 0 Å². The lowest BCUT2D eigenvalue weighted by Gasteiger charge is -2.26. The van der Waals surface area contributed by atoms with Gasteiger partial charge in [0.25, 0.3) is 0 Å². The molecule has 0 aromatic heterocycles. The van der Waals surface area contributed by atoms with E-state index in [-0.39, 0.29) is 11.4 Å². The number of aryl methyl sites for hydroxylation is 2. The maximum Gasteiger partial charge on any atom is 0.166 e. The molecule has 0 atom stereocenters. The van der Waals surface area contributed by atoms with Crippen LogP contribution < -0.4 is 0 Å². The number of halogens is 3. The predicted molar refractivity (Wildman–Crippen MR) is 124 cm³/mol. The molecule has 0 spiro atoms. The van der Waals surface area contributed by atoms with Gasteiger partial charge in [-0.2, -0.15) is 0 Å². The van der Waals surface area contributed by atoms with Crippen LogP contribution in [0.2, 0.25) is 0 Å². The minimum atomic E-state index is -0.890. The van der Waals surface area contributed by atoms with Gasteiger partial charge in [0.1, 0.15) is 5.82 Å². The second-order valence-electron chi connectivity index (χ2n) is 8.99. The lowest BCUT2D eigenvalue weighted by atomic mass is 9.80. The van der Waals surface area contributed by atoms with E-state index in [1.807, 2.05) is 6.92 Å². The van der Waals surface area contributed by atoms with Crippen molar-refractivity contribution in [2.75, 3.05) is 0 Å². The zero-order valence-electron chi connectivity index (χ0n) is 18.9. The van der Waals surface area contributed by atoms with Crippen LogP contribution in [0.25, 0.3) is 11.1 Å². The summed E-state index contributed by atoms with van der Waals surface area (Å²) in [5.41, 5.74) is 1.47. The van der Waals surface area contributed by atoms with Crippen molar-refractivity contribution in [2.45, 2.75) is 78.1 Å². The summed E-state index contributed by atoms with van der Waals surface area (Å²) in [4.78, 5) is 0. The third kappa shape index (κ3) is 6.24. The Morgan fingerprint density at radius 1 is 0.839 bits per heavy atom. The van der Waals surface area contributed by atoms with E-state index in [4.69, 9.17) is 0 Å². The van der Waals surface area contributed by atoms with Gasteiger partial charge in [-0.05, 0) is 79.5 Å². The predicted octanol–water partition coefficient (Wildman–Crippen LogP) is 8.82. The Balaban J connectivity index is 1.59. The lowest BCUT2D eigenvalue weighted by molar-refractivity contribution is 0.294. The van der Waals surface area contributed by atoms with Crippen molar-refractivity contribution >= 4 is 0 Å². The molecule has 3 heteroatoms. The molecule has 0 amide bonds. The van der Waals surface area contributed by atoms with E-state index in [2.05, 4.69) is 19.1 Å². The monoisotopic (exact) mass is 428 g/mol. The van der Waals surface area contributed by atoms with Crippen molar-refractivity contribution in [1.29, 1.82) is 0 Å². The molecular weight excluding hydrogens is 393 g/mol. The van der Waals surface area contributed by atoms with Gasteiger partial charge in [0.05, 0.1) is 0 Å². The van der Waals surface area contributed by atoms with Crippen molar-refractivity contribution in [3.8, 4) is 11.1 Å². The van der Waals surface area contributed by atoms with Gasteiger partial charge in [0.2, 0.25) is 0 Å². The number of rotatable bonds is 9. The molecule has 0 bridgehead atoms. The average Bonchev–Trinajstić information content (AvgIpc) is 2.77. The summed E-state index contributed by atoms with van der Waals surface area (Å²) in [6, 6.07) is 7.85. The Morgan fingerprint density at radius 3 is 2.26 bits per heavy atom. The van der Waals surface area contributed by atoms with Crippen LogP contribution in [0.15, 0.2) is 42.5 Å². The zero-order valence-corrected chi connectivity index (χ0v) is 18.9. The van der Waals surface area contributed by atoms with Crippen molar-refractivity contribution in [2.24, 2.45) is 11.8 Å². The second-order valence-corrected chi connectivity index (χ2v) is 8.99. The molecule has 168 valence electrons. The maximum absolute atomic E-state index is 14.7. The first kappa shape index (κ1) is 23.6. The van der Waals surface area contributed by atoms with Crippen molar-refractivity contribution in [3.05, 3.63) is 71.1 Å². The quantitative estimate of drug-likeness (QED) is 0.350. The molecule has 0 aliphatic heterocycles. The molecular formula is C28H35F3. The number of hydrogen-bond donors (Lipinski definition) is 0. The summed E-state index contributed by atoms with van der Waals surface area (Å²) in [6.07, 6.45) is 14.7. The molecule has 0 N–H and O–H groups in total. The first-order valence-corrected chi connectivity index (χ1v) is 12.0. The normalized spacial score (nSPS) is 19.3. The van der Waals surface area contributed by atoms with E-state index in [0.717, 1.165) is 12.3 Å². The van der Waals surface area contributed by atoms with Crippen LogP contribution in [0, 0.1) is 29.3 Å². The smallest absolute Gasteiger partial charge is 0.166 e. The van der Waals surface area contributed by atoms with E-state index >= 15 is 0 Å². The van der Waals surface area contributed by atoms with Crippen LogP contribution in [0.3, 0.4) is 0 Å². The molecule has 1 aliphatic rings. The van der Waals surface area contributed by atoms with E-state index < -0.39 is 11.6 Å². The Labute approximate surface area is 185 Å². The first-order chi connectivity index (χ1) is 15.0. The molecule has 0 nitrogen and oxygen atoms in total. The molecule has 0 unspecified atom stereocenters. The summed E-state index contributed by atoms with van der Waals surface area (Å²) >= 11 is 0. The third-order valence-electron chi connectivity index (χ3n) is 6.62. The Morgan fingerprint density at radius 2 is 1.58 bits per heavy atom. The Hall–Kier alpha value is -2.03. The molecule has 2 aromatic carbocycles. The van der Waals surface area contributed by atoms with Crippen LogP contribution in [0.1, 0.15) is 76.3 Å². The van der Waals surface area contributed by atoms with Crippen LogP contribution in [-0.2, 0) is 12.8 Å². The van der Waals surface area contributed by atoms with Gasteiger partial charge in [-0.1, -0.05) is 69.5 Å². The largest absolute Gasteiger partial charge is 0.207 e. The summed E-state index contributed by atoms with van der Waals surface area (Å²) in [7, 11) is 0. The fourth-order valence-corrected chi connectivity index (χ4v) is 4.80. The standard InChI is InChI=1S/C28H35F3/c1-3-7-20-11-13-21(14-12-20)9-5-6-10-23-17-18-25(28(31)27(23)30)24-16-15-22(8-4-2)26(29)19-24/h5,9,15-21H,3-4,6-8,10-14H2,1-2H3/b9-5+. The third-order valence-corrected chi connectivity index (χ3v) is 6.62. The lowest BCUT2D eigenvalue weighted by Crippen LogP contribution is -2.12. The molecule has 31 heavy (non-hydrogen) atoms. The topological polar surface area (TPSA) is 0 Å².